The van der Waals surface area contributed by atoms with Gasteiger partial charge in [-0.3, -0.25) is 4.79 Å². The van der Waals surface area contributed by atoms with Gasteiger partial charge in [0.2, 0.25) is 5.95 Å². The van der Waals surface area contributed by atoms with Gasteiger partial charge in [-0.15, -0.1) is 0 Å². The molecule has 144 valence electrons. The zero-order chi connectivity index (χ0) is 20.1. The highest BCUT2D eigenvalue weighted by atomic mass is 16.2. The summed E-state index contributed by atoms with van der Waals surface area (Å²) in [5, 5.41) is 3.31. The quantitative estimate of drug-likeness (QED) is 0.664. The van der Waals surface area contributed by atoms with E-state index in [1.54, 1.807) is 11.0 Å². The zero-order valence-corrected chi connectivity index (χ0v) is 16.8. The average Bonchev–Trinajstić information content (AvgIpc) is 2.69. The van der Waals surface area contributed by atoms with Gasteiger partial charge in [0.1, 0.15) is 5.69 Å². The number of anilines is 2. The Morgan fingerprint density at radius 1 is 1.04 bits per heavy atom. The Kier molecular flexibility index (Phi) is 6.04. The summed E-state index contributed by atoms with van der Waals surface area (Å²) in [6.07, 6.45) is 0. The third kappa shape index (κ3) is 4.55. The van der Waals surface area contributed by atoms with E-state index >= 15 is 0 Å². The molecule has 1 heterocycles. The fourth-order valence-corrected chi connectivity index (χ4v) is 3.14. The Bertz CT molecular complexity index is 956. The normalized spacial score (nSPS) is 11.7. The summed E-state index contributed by atoms with van der Waals surface area (Å²) < 4.78 is 0. The van der Waals surface area contributed by atoms with Crippen LogP contribution >= 0.6 is 0 Å². The Morgan fingerprint density at radius 2 is 1.79 bits per heavy atom. The van der Waals surface area contributed by atoms with Crippen LogP contribution < -0.4 is 10.2 Å². The Morgan fingerprint density at radius 3 is 2.46 bits per heavy atom. The van der Waals surface area contributed by atoms with Gasteiger partial charge < -0.3 is 10.2 Å². The predicted molar refractivity (Wildman–Crippen MR) is 114 cm³/mol. The largest absolute Gasteiger partial charge is 0.348 e. The molecule has 1 atom stereocenters. The molecule has 1 N–H and O–H groups in total. The molecule has 0 aliphatic carbocycles. The molecule has 0 aliphatic heterocycles. The molecule has 28 heavy (non-hydrogen) atoms. The van der Waals surface area contributed by atoms with E-state index in [2.05, 4.69) is 27.4 Å². The Hall–Kier alpha value is -3.21. The number of aryl methyl sites for hydroxylation is 2. The highest BCUT2D eigenvalue weighted by molar-refractivity contribution is 6.05. The fourth-order valence-electron chi connectivity index (χ4n) is 3.14. The van der Waals surface area contributed by atoms with Crippen molar-refractivity contribution in [3.05, 3.63) is 83.2 Å². The first kappa shape index (κ1) is 19.5. The number of hydrogen-bond acceptors (Lipinski definition) is 4. The van der Waals surface area contributed by atoms with Gasteiger partial charge in [0.15, 0.2) is 0 Å². The van der Waals surface area contributed by atoms with E-state index in [1.165, 1.54) is 0 Å². The van der Waals surface area contributed by atoms with E-state index in [-0.39, 0.29) is 11.9 Å². The molecule has 0 radical (unpaired) electrons. The summed E-state index contributed by atoms with van der Waals surface area (Å²) in [5.74, 6) is 0.328. The van der Waals surface area contributed by atoms with E-state index in [9.17, 15) is 4.79 Å². The van der Waals surface area contributed by atoms with Gasteiger partial charge in [0.25, 0.3) is 5.91 Å². The molecular formula is C23H26N4O. The number of aromatic nitrogens is 2. The Balaban J connectivity index is 1.86. The van der Waals surface area contributed by atoms with Crippen molar-refractivity contribution in [1.82, 2.24) is 9.97 Å². The maximum absolute atomic E-state index is 13.2. The minimum Gasteiger partial charge on any atom is -0.348 e. The number of carbonyl (C=O) groups is 1. The third-order valence-corrected chi connectivity index (χ3v) is 4.59. The van der Waals surface area contributed by atoms with Crippen LogP contribution in [0, 0.1) is 13.8 Å². The van der Waals surface area contributed by atoms with Crippen LogP contribution in [0.1, 0.15) is 47.2 Å². The molecule has 3 aromatic rings. The first-order valence-electron chi connectivity index (χ1n) is 9.53. The van der Waals surface area contributed by atoms with Crippen molar-refractivity contribution < 1.29 is 4.79 Å². The van der Waals surface area contributed by atoms with Crippen LogP contribution in [0.2, 0.25) is 0 Å². The number of nitrogens with zero attached hydrogens (tertiary/aromatic N) is 3. The minimum atomic E-state index is -0.131. The molecule has 0 saturated carbocycles. The standard InChI is InChI=1S/C23H26N4O/c1-5-27(20-13-9-10-16(2)14-20)22(28)21-15-17(3)24-23(26-21)25-18(4)19-11-7-6-8-12-19/h6-15,18H,5H2,1-4H3,(H,24,25,26). The van der Waals surface area contributed by atoms with Crippen molar-refractivity contribution in [3.8, 4) is 0 Å². The SMILES string of the molecule is CCN(C(=O)c1cc(C)nc(NC(C)c2ccccc2)n1)c1cccc(C)c1. The predicted octanol–water partition coefficient (Wildman–Crippen LogP) is 4.93. The van der Waals surface area contributed by atoms with Gasteiger partial charge in [0.05, 0.1) is 6.04 Å². The smallest absolute Gasteiger partial charge is 0.277 e. The van der Waals surface area contributed by atoms with Crippen LogP contribution in [0.25, 0.3) is 0 Å². The highest BCUT2D eigenvalue weighted by Crippen LogP contribution is 2.20. The van der Waals surface area contributed by atoms with E-state index in [0.29, 0.717) is 18.2 Å². The molecule has 5 nitrogen and oxygen atoms in total. The second kappa shape index (κ2) is 8.65. The minimum absolute atomic E-state index is 0.0324. The molecule has 0 saturated heterocycles. The second-order valence-electron chi connectivity index (χ2n) is 6.88. The van der Waals surface area contributed by atoms with Gasteiger partial charge in [0, 0.05) is 17.9 Å². The number of benzene rings is 2. The van der Waals surface area contributed by atoms with Crippen molar-refractivity contribution in [2.45, 2.75) is 33.7 Å². The van der Waals surface area contributed by atoms with Crippen molar-refractivity contribution in [2.75, 3.05) is 16.8 Å². The first-order chi connectivity index (χ1) is 13.5. The summed E-state index contributed by atoms with van der Waals surface area (Å²) in [6, 6.07) is 19.8. The lowest BCUT2D eigenvalue weighted by atomic mass is 10.1. The molecular weight excluding hydrogens is 348 g/mol. The maximum atomic E-state index is 13.2. The molecule has 0 bridgehead atoms. The topological polar surface area (TPSA) is 58.1 Å². The summed E-state index contributed by atoms with van der Waals surface area (Å²) in [5.41, 5.74) is 4.26. The van der Waals surface area contributed by atoms with Crippen molar-refractivity contribution in [2.24, 2.45) is 0 Å². The van der Waals surface area contributed by atoms with Crippen LogP contribution in [0.4, 0.5) is 11.6 Å². The molecule has 1 unspecified atom stereocenters. The molecule has 1 aromatic heterocycles. The van der Waals surface area contributed by atoms with E-state index in [4.69, 9.17) is 0 Å². The van der Waals surface area contributed by atoms with Gasteiger partial charge in [-0.05, 0) is 57.0 Å². The van der Waals surface area contributed by atoms with Crippen molar-refractivity contribution in [3.63, 3.8) is 0 Å². The second-order valence-corrected chi connectivity index (χ2v) is 6.88. The highest BCUT2D eigenvalue weighted by Gasteiger charge is 2.19. The van der Waals surface area contributed by atoms with Crippen LogP contribution in [0.5, 0.6) is 0 Å². The maximum Gasteiger partial charge on any atom is 0.277 e. The lowest BCUT2D eigenvalue weighted by Crippen LogP contribution is -2.31. The molecule has 2 aromatic carbocycles. The first-order valence-corrected chi connectivity index (χ1v) is 9.53. The Labute approximate surface area is 166 Å². The molecule has 3 rings (SSSR count). The lowest BCUT2D eigenvalue weighted by Gasteiger charge is -2.22. The number of amides is 1. The van der Waals surface area contributed by atoms with Gasteiger partial charge in [-0.2, -0.15) is 0 Å². The summed E-state index contributed by atoms with van der Waals surface area (Å²) in [4.78, 5) is 23.9. The number of hydrogen-bond donors (Lipinski definition) is 1. The summed E-state index contributed by atoms with van der Waals surface area (Å²) in [6.45, 7) is 8.47. The summed E-state index contributed by atoms with van der Waals surface area (Å²) in [7, 11) is 0. The van der Waals surface area contributed by atoms with Crippen LogP contribution in [-0.4, -0.2) is 22.4 Å². The molecule has 0 aliphatic rings. The number of carbonyl (C=O) groups excluding carboxylic acids is 1. The van der Waals surface area contributed by atoms with Gasteiger partial charge >= 0.3 is 0 Å². The van der Waals surface area contributed by atoms with E-state index in [0.717, 1.165) is 22.5 Å². The van der Waals surface area contributed by atoms with Gasteiger partial charge in [-0.25, -0.2) is 9.97 Å². The monoisotopic (exact) mass is 374 g/mol. The molecule has 0 fully saturated rings. The average molecular weight is 374 g/mol. The third-order valence-electron chi connectivity index (χ3n) is 4.59. The number of nitrogens with one attached hydrogen (secondary N) is 1. The van der Waals surface area contributed by atoms with Crippen LogP contribution in [0.3, 0.4) is 0 Å². The molecule has 5 heteroatoms. The van der Waals surface area contributed by atoms with E-state index < -0.39 is 0 Å². The van der Waals surface area contributed by atoms with Crippen LogP contribution in [-0.2, 0) is 0 Å². The molecule has 1 amide bonds. The van der Waals surface area contributed by atoms with Gasteiger partial charge in [-0.1, -0.05) is 42.5 Å². The molecule has 0 spiro atoms. The van der Waals surface area contributed by atoms with E-state index in [1.807, 2.05) is 70.2 Å². The van der Waals surface area contributed by atoms with Crippen molar-refractivity contribution >= 4 is 17.5 Å². The zero-order valence-electron chi connectivity index (χ0n) is 16.8. The number of rotatable bonds is 6. The fraction of sp³-hybridized carbons (Fsp3) is 0.261. The van der Waals surface area contributed by atoms with Crippen LogP contribution in [0.15, 0.2) is 60.7 Å². The summed E-state index contributed by atoms with van der Waals surface area (Å²) >= 11 is 0. The lowest BCUT2D eigenvalue weighted by molar-refractivity contribution is 0.0983. The van der Waals surface area contributed by atoms with Crippen molar-refractivity contribution in [1.29, 1.82) is 0 Å².